The summed E-state index contributed by atoms with van der Waals surface area (Å²) in [6.45, 7) is 1.91. The predicted molar refractivity (Wildman–Crippen MR) is 95.1 cm³/mol. The molecule has 3 aromatic rings. The molecule has 0 fully saturated rings. The number of halogens is 1. The zero-order chi connectivity index (χ0) is 16.4. The lowest BCUT2D eigenvalue weighted by Crippen LogP contribution is -2.12. The normalized spacial score (nSPS) is 10.6. The number of ether oxygens (including phenoxy) is 1. The van der Waals surface area contributed by atoms with Crippen LogP contribution in [0.4, 0.5) is 5.69 Å². The molecule has 0 spiro atoms. The molecule has 0 bridgehead atoms. The molecular formula is C18H15BrN2O2. The Morgan fingerprint density at radius 3 is 2.57 bits per heavy atom. The molecular weight excluding hydrogens is 356 g/mol. The monoisotopic (exact) mass is 370 g/mol. The average molecular weight is 371 g/mol. The van der Waals surface area contributed by atoms with E-state index in [2.05, 4.69) is 26.2 Å². The molecule has 0 saturated carbocycles. The molecule has 0 saturated heterocycles. The average Bonchev–Trinajstić information content (AvgIpc) is 2.55. The fourth-order valence-corrected chi connectivity index (χ4v) is 2.73. The van der Waals surface area contributed by atoms with Crippen LogP contribution in [0.2, 0.25) is 0 Å². The third-order valence-corrected chi connectivity index (χ3v) is 3.99. The Balaban J connectivity index is 1.96. The van der Waals surface area contributed by atoms with E-state index >= 15 is 0 Å². The van der Waals surface area contributed by atoms with E-state index in [9.17, 15) is 4.79 Å². The first kappa shape index (κ1) is 15.5. The summed E-state index contributed by atoms with van der Waals surface area (Å²) >= 11 is 3.46. The topological polar surface area (TPSA) is 51.2 Å². The minimum Gasteiger partial charge on any atom is -0.497 e. The number of anilines is 1. The second kappa shape index (κ2) is 6.38. The lowest BCUT2D eigenvalue weighted by Gasteiger charge is -2.10. The smallest absolute Gasteiger partial charge is 0.255 e. The maximum atomic E-state index is 12.5. The summed E-state index contributed by atoms with van der Waals surface area (Å²) in [7, 11) is 1.60. The van der Waals surface area contributed by atoms with Crippen molar-refractivity contribution >= 4 is 38.4 Å². The summed E-state index contributed by atoms with van der Waals surface area (Å²) in [6.07, 6.45) is 0. The molecule has 2 aromatic carbocycles. The number of hydrogen-bond acceptors (Lipinski definition) is 3. The van der Waals surface area contributed by atoms with Gasteiger partial charge in [-0.15, -0.1) is 0 Å². The number of carbonyl (C=O) groups excluding carboxylic acids is 1. The van der Waals surface area contributed by atoms with Crippen LogP contribution in [-0.2, 0) is 0 Å². The first-order valence-electron chi connectivity index (χ1n) is 7.09. The Kier molecular flexibility index (Phi) is 4.30. The number of nitrogens with zero attached hydrogens (tertiary/aromatic N) is 1. The van der Waals surface area contributed by atoms with E-state index in [1.807, 2.05) is 31.2 Å². The lowest BCUT2D eigenvalue weighted by molar-refractivity contribution is 0.102. The van der Waals surface area contributed by atoms with Gasteiger partial charge in [-0.1, -0.05) is 15.9 Å². The van der Waals surface area contributed by atoms with Crippen LogP contribution in [0.3, 0.4) is 0 Å². The number of rotatable bonds is 3. The molecule has 0 aliphatic rings. The zero-order valence-corrected chi connectivity index (χ0v) is 14.3. The summed E-state index contributed by atoms with van der Waals surface area (Å²) in [5, 5.41) is 3.86. The number of hydrogen-bond donors (Lipinski definition) is 1. The van der Waals surface area contributed by atoms with Gasteiger partial charge in [0, 0.05) is 21.1 Å². The van der Waals surface area contributed by atoms with E-state index in [1.165, 1.54) is 0 Å². The fourth-order valence-electron chi connectivity index (χ4n) is 2.37. The van der Waals surface area contributed by atoms with Crippen molar-refractivity contribution in [2.45, 2.75) is 6.92 Å². The van der Waals surface area contributed by atoms with Crippen molar-refractivity contribution in [2.75, 3.05) is 12.4 Å². The van der Waals surface area contributed by atoms with Crippen LogP contribution in [0.1, 0.15) is 16.1 Å². The van der Waals surface area contributed by atoms with Gasteiger partial charge in [0.25, 0.3) is 5.91 Å². The fraction of sp³-hybridized carbons (Fsp3) is 0.111. The molecule has 0 atom stereocenters. The minimum atomic E-state index is -0.167. The first-order chi connectivity index (χ1) is 11.1. The van der Waals surface area contributed by atoms with Crippen LogP contribution in [0, 0.1) is 6.92 Å². The van der Waals surface area contributed by atoms with E-state index in [0.29, 0.717) is 5.56 Å². The van der Waals surface area contributed by atoms with Gasteiger partial charge in [-0.3, -0.25) is 9.78 Å². The van der Waals surface area contributed by atoms with Crippen molar-refractivity contribution < 1.29 is 9.53 Å². The van der Waals surface area contributed by atoms with Crippen LogP contribution in [0.25, 0.3) is 10.9 Å². The van der Waals surface area contributed by atoms with Crippen LogP contribution in [-0.4, -0.2) is 18.0 Å². The van der Waals surface area contributed by atoms with Crippen molar-refractivity contribution in [3.8, 4) is 5.75 Å². The van der Waals surface area contributed by atoms with Crippen molar-refractivity contribution in [3.63, 3.8) is 0 Å². The van der Waals surface area contributed by atoms with E-state index < -0.39 is 0 Å². The van der Waals surface area contributed by atoms with Gasteiger partial charge in [-0.2, -0.15) is 0 Å². The Hall–Kier alpha value is -2.40. The third-order valence-electron chi connectivity index (χ3n) is 3.50. The highest BCUT2D eigenvalue weighted by Crippen LogP contribution is 2.27. The van der Waals surface area contributed by atoms with E-state index in [0.717, 1.165) is 32.5 Å². The number of amides is 1. The van der Waals surface area contributed by atoms with Crippen molar-refractivity contribution in [2.24, 2.45) is 0 Å². The Bertz CT molecular complexity index is 876. The molecule has 1 N–H and O–H groups in total. The number of methoxy groups -OCH3 is 1. The molecule has 0 radical (unpaired) electrons. The van der Waals surface area contributed by atoms with Gasteiger partial charge in [0.05, 0.1) is 18.3 Å². The van der Waals surface area contributed by atoms with Gasteiger partial charge < -0.3 is 10.1 Å². The molecule has 3 rings (SSSR count). The summed E-state index contributed by atoms with van der Waals surface area (Å²) in [4.78, 5) is 17.0. The standard InChI is InChI=1S/C18H15BrN2O2/c1-11-9-17(15-10-13(19)5-8-16(15)20-11)21-18(22)12-3-6-14(23-2)7-4-12/h3-10H,1-2H3,(H,20,21,22). The Morgan fingerprint density at radius 2 is 1.87 bits per heavy atom. The van der Waals surface area contributed by atoms with Crippen molar-refractivity contribution in [1.82, 2.24) is 4.98 Å². The maximum absolute atomic E-state index is 12.5. The minimum absolute atomic E-state index is 0.167. The van der Waals surface area contributed by atoms with Crippen molar-refractivity contribution in [3.05, 3.63) is 64.3 Å². The van der Waals surface area contributed by atoms with Gasteiger partial charge in [-0.05, 0) is 55.5 Å². The number of fused-ring (bicyclic) bond motifs is 1. The zero-order valence-electron chi connectivity index (χ0n) is 12.8. The number of nitrogens with one attached hydrogen (secondary N) is 1. The number of pyridine rings is 1. The molecule has 23 heavy (non-hydrogen) atoms. The second-order valence-electron chi connectivity index (χ2n) is 5.16. The lowest BCUT2D eigenvalue weighted by atomic mass is 10.1. The molecule has 0 aliphatic carbocycles. The molecule has 0 aliphatic heterocycles. The number of benzene rings is 2. The molecule has 0 unspecified atom stereocenters. The summed E-state index contributed by atoms with van der Waals surface area (Å²) in [6, 6.07) is 14.7. The summed E-state index contributed by atoms with van der Waals surface area (Å²) in [5.41, 5.74) is 3.01. The Labute approximate surface area is 142 Å². The van der Waals surface area contributed by atoms with E-state index in [1.54, 1.807) is 31.4 Å². The number of carbonyl (C=O) groups is 1. The van der Waals surface area contributed by atoms with Crippen LogP contribution in [0.15, 0.2) is 53.0 Å². The molecule has 1 amide bonds. The van der Waals surface area contributed by atoms with Crippen LogP contribution >= 0.6 is 15.9 Å². The predicted octanol–water partition coefficient (Wildman–Crippen LogP) is 4.57. The quantitative estimate of drug-likeness (QED) is 0.734. The highest BCUT2D eigenvalue weighted by atomic mass is 79.9. The third kappa shape index (κ3) is 3.35. The van der Waals surface area contributed by atoms with Gasteiger partial charge in [0.15, 0.2) is 0 Å². The highest BCUT2D eigenvalue weighted by molar-refractivity contribution is 9.10. The molecule has 1 heterocycles. The first-order valence-corrected chi connectivity index (χ1v) is 7.88. The SMILES string of the molecule is COc1ccc(C(=O)Nc2cc(C)nc3ccc(Br)cc23)cc1. The second-order valence-corrected chi connectivity index (χ2v) is 6.07. The van der Waals surface area contributed by atoms with Crippen molar-refractivity contribution in [1.29, 1.82) is 0 Å². The molecule has 1 aromatic heterocycles. The van der Waals surface area contributed by atoms with Crippen LogP contribution < -0.4 is 10.1 Å². The van der Waals surface area contributed by atoms with Gasteiger partial charge in [0.1, 0.15) is 5.75 Å². The van der Waals surface area contributed by atoms with Crippen LogP contribution in [0.5, 0.6) is 5.75 Å². The van der Waals surface area contributed by atoms with Gasteiger partial charge >= 0.3 is 0 Å². The summed E-state index contributed by atoms with van der Waals surface area (Å²) in [5.74, 6) is 0.551. The maximum Gasteiger partial charge on any atom is 0.255 e. The molecule has 116 valence electrons. The highest BCUT2D eigenvalue weighted by Gasteiger charge is 2.10. The molecule has 5 heteroatoms. The number of aromatic nitrogens is 1. The largest absolute Gasteiger partial charge is 0.497 e. The Morgan fingerprint density at radius 1 is 1.13 bits per heavy atom. The summed E-state index contributed by atoms with van der Waals surface area (Å²) < 4.78 is 6.05. The number of aryl methyl sites for hydroxylation is 1. The van der Waals surface area contributed by atoms with Gasteiger partial charge in [0.2, 0.25) is 0 Å². The van der Waals surface area contributed by atoms with E-state index in [4.69, 9.17) is 4.74 Å². The van der Waals surface area contributed by atoms with Gasteiger partial charge in [-0.25, -0.2) is 0 Å². The molecule has 4 nitrogen and oxygen atoms in total. The van der Waals surface area contributed by atoms with E-state index in [-0.39, 0.29) is 5.91 Å².